The van der Waals surface area contributed by atoms with Crippen LogP contribution in [0.25, 0.3) is 10.8 Å². The fourth-order valence-corrected chi connectivity index (χ4v) is 8.35. The summed E-state index contributed by atoms with van der Waals surface area (Å²) in [4.78, 5) is 96.8. The van der Waals surface area contributed by atoms with E-state index in [1.165, 1.54) is 12.3 Å². The highest BCUT2D eigenvalue weighted by Crippen LogP contribution is 2.50. The monoisotopic (exact) mass is 776 g/mol. The Hall–Kier alpha value is -6.15. The van der Waals surface area contributed by atoms with Gasteiger partial charge in [0.15, 0.2) is 0 Å². The number of piperidine rings is 1. The summed E-state index contributed by atoms with van der Waals surface area (Å²) >= 11 is 6.40. The van der Waals surface area contributed by atoms with Gasteiger partial charge >= 0.3 is 6.03 Å². The van der Waals surface area contributed by atoms with Crippen LogP contribution in [0.4, 0.5) is 10.5 Å². The molecule has 8 rings (SSSR count). The molecular weight excluding hydrogens is 740 g/mol. The van der Waals surface area contributed by atoms with E-state index in [1.54, 1.807) is 36.5 Å². The summed E-state index contributed by atoms with van der Waals surface area (Å²) < 4.78 is 5.91. The van der Waals surface area contributed by atoms with E-state index in [2.05, 4.69) is 20.9 Å². The topological polar surface area (TPSA) is 184 Å². The van der Waals surface area contributed by atoms with Crippen LogP contribution in [0.3, 0.4) is 0 Å². The van der Waals surface area contributed by atoms with Gasteiger partial charge in [-0.1, -0.05) is 54.8 Å². The molecule has 4 aromatic rings. The smallest absolute Gasteiger partial charge is 0.329 e. The summed E-state index contributed by atoms with van der Waals surface area (Å²) in [7, 11) is 0. The molecule has 3 fully saturated rings. The van der Waals surface area contributed by atoms with Crippen molar-refractivity contribution in [2.75, 3.05) is 18.1 Å². The van der Waals surface area contributed by atoms with Crippen LogP contribution in [0.2, 0.25) is 5.02 Å². The zero-order chi connectivity index (χ0) is 39.1. The predicted octanol–water partition coefficient (Wildman–Crippen LogP) is 5.03. The normalized spacial score (nSPS) is 21.7. The van der Waals surface area contributed by atoms with E-state index >= 15 is 0 Å². The van der Waals surface area contributed by atoms with Crippen molar-refractivity contribution in [2.45, 2.75) is 68.9 Å². The van der Waals surface area contributed by atoms with E-state index in [-0.39, 0.29) is 54.1 Å². The second kappa shape index (κ2) is 14.8. The first kappa shape index (κ1) is 36.8. The van der Waals surface area contributed by atoms with Gasteiger partial charge in [0.25, 0.3) is 23.6 Å². The van der Waals surface area contributed by atoms with E-state index in [0.717, 1.165) is 28.2 Å². The van der Waals surface area contributed by atoms with Crippen LogP contribution in [0.15, 0.2) is 73.1 Å². The molecule has 1 saturated carbocycles. The number of anilines is 1. The predicted molar refractivity (Wildman–Crippen MR) is 203 cm³/mol. The summed E-state index contributed by atoms with van der Waals surface area (Å²) in [6.07, 6.45) is 6.98. The lowest BCUT2D eigenvalue weighted by Crippen LogP contribution is -2.56. The Morgan fingerprint density at radius 3 is 2.54 bits per heavy atom. The maximum atomic E-state index is 13.8. The molecule has 1 atom stereocenters. The van der Waals surface area contributed by atoms with Crippen LogP contribution in [0, 0.1) is 0 Å². The highest BCUT2D eigenvalue weighted by Gasteiger charge is 2.59. The minimum Gasteiger partial charge on any atom is -0.493 e. The number of aromatic nitrogens is 1. The molecule has 3 aliphatic heterocycles. The van der Waals surface area contributed by atoms with Crippen molar-refractivity contribution in [3.05, 3.63) is 100 Å². The Labute approximate surface area is 325 Å². The first-order chi connectivity index (χ1) is 27.1. The quantitative estimate of drug-likeness (QED) is 0.101. The lowest BCUT2D eigenvalue weighted by molar-refractivity contribution is -0.136. The molecule has 0 radical (unpaired) electrons. The maximum Gasteiger partial charge on any atom is 0.329 e. The minimum absolute atomic E-state index is 0.0384. The van der Waals surface area contributed by atoms with Crippen LogP contribution >= 0.6 is 11.6 Å². The fourth-order valence-electron chi connectivity index (χ4n) is 8.06. The Morgan fingerprint density at radius 2 is 1.73 bits per heavy atom. The lowest BCUT2D eigenvalue weighted by Gasteiger charge is -2.43. The van der Waals surface area contributed by atoms with E-state index in [9.17, 15) is 33.6 Å². The molecule has 1 aromatic heterocycles. The molecule has 56 heavy (non-hydrogen) atoms. The molecule has 1 spiro atoms. The van der Waals surface area contributed by atoms with E-state index in [1.807, 2.05) is 24.3 Å². The van der Waals surface area contributed by atoms with Gasteiger partial charge in [-0.15, -0.1) is 0 Å². The van der Waals surface area contributed by atoms with Crippen molar-refractivity contribution in [2.24, 2.45) is 0 Å². The fraction of sp³-hybridized carbons (Fsp3) is 0.317. The number of urea groups is 1. The first-order valence-corrected chi connectivity index (χ1v) is 19.0. The SMILES string of the molecule is O=C1CCC(N2C(=O)c3cccc(OCCCCCCNC(=O)c4ccc5cncc(N6C(=O)NC7(CC(c8ccccc8Cl)C7)C6=O)c5c4)c3C2=O)C(=O)N1. The molecule has 15 heteroatoms. The van der Waals surface area contributed by atoms with Gasteiger partial charge in [-0.3, -0.25) is 44.0 Å². The molecule has 1 unspecified atom stereocenters. The average Bonchev–Trinajstić information content (AvgIpc) is 3.59. The van der Waals surface area contributed by atoms with Gasteiger partial charge in [-0.05, 0) is 73.9 Å². The van der Waals surface area contributed by atoms with Crippen LogP contribution < -0.4 is 25.6 Å². The molecule has 3 aromatic carbocycles. The number of benzene rings is 3. The van der Waals surface area contributed by atoms with Crippen LogP contribution in [0.5, 0.6) is 5.75 Å². The molecule has 0 bridgehead atoms. The molecule has 2 saturated heterocycles. The van der Waals surface area contributed by atoms with E-state index < -0.39 is 41.2 Å². The number of carbonyl (C=O) groups excluding carboxylic acids is 7. The highest BCUT2D eigenvalue weighted by molar-refractivity contribution is 6.31. The summed E-state index contributed by atoms with van der Waals surface area (Å²) in [6.45, 7) is 0.708. The number of nitrogens with one attached hydrogen (secondary N) is 3. The van der Waals surface area contributed by atoms with Crippen molar-refractivity contribution in [3.63, 3.8) is 0 Å². The molecular formula is C41H37ClN6O8. The minimum atomic E-state index is -1.05. The van der Waals surface area contributed by atoms with Crippen molar-refractivity contribution >= 4 is 69.5 Å². The molecule has 286 valence electrons. The first-order valence-electron chi connectivity index (χ1n) is 18.6. The van der Waals surface area contributed by atoms with Gasteiger partial charge in [-0.2, -0.15) is 0 Å². The number of amides is 8. The molecule has 4 heterocycles. The van der Waals surface area contributed by atoms with Gasteiger partial charge in [-0.25, -0.2) is 9.69 Å². The Balaban J connectivity index is 0.819. The summed E-state index contributed by atoms with van der Waals surface area (Å²) in [6, 6.07) is 15.8. The molecule has 8 amide bonds. The Kier molecular flexibility index (Phi) is 9.75. The average molecular weight is 777 g/mol. The Morgan fingerprint density at radius 1 is 0.929 bits per heavy atom. The largest absolute Gasteiger partial charge is 0.493 e. The number of rotatable bonds is 12. The maximum absolute atomic E-state index is 13.8. The third-order valence-electron chi connectivity index (χ3n) is 11.0. The standard InChI is InChI=1S/C41H37ClN6O8/c42-29-10-4-3-8-26(29)25-19-41(20-25)39(54)48(40(55)46-41)31-22-43-21-24-13-12-23(18-28(24)31)35(50)44-16-5-1-2-6-17-56-32-11-7-9-27-34(32)38(53)47(37(27)52)30-14-15-33(49)45-36(30)51/h3-4,7-13,18,21-22,25,30H,1-2,5-6,14-17,19-20H2,(H,44,50)(H,46,55)(H,45,49,51). The van der Waals surface area contributed by atoms with Crippen LogP contribution in [0.1, 0.15) is 93.9 Å². The van der Waals surface area contributed by atoms with Gasteiger partial charge in [0.1, 0.15) is 17.3 Å². The van der Waals surface area contributed by atoms with Crippen molar-refractivity contribution < 1.29 is 38.3 Å². The van der Waals surface area contributed by atoms with Gasteiger partial charge in [0, 0.05) is 40.5 Å². The molecule has 4 aliphatic rings. The van der Waals surface area contributed by atoms with E-state index in [4.69, 9.17) is 16.3 Å². The summed E-state index contributed by atoms with van der Waals surface area (Å²) in [5.41, 5.74) is 0.885. The van der Waals surface area contributed by atoms with Crippen molar-refractivity contribution in [1.82, 2.24) is 25.8 Å². The molecule has 3 N–H and O–H groups in total. The van der Waals surface area contributed by atoms with Crippen molar-refractivity contribution in [1.29, 1.82) is 0 Å². The number of pyridine rings is 1. The third kappa shape index (κ3) is 6.53. The van der Waals surface area contributed by atoms with Crippen LogP contribution in [-0.2, 0) is 14.4 Å². The van der Waals surface area contributed by atoms with Gasteiger partial charge in [0.05, 0.1) is 29.6 Å². The number of fused-ring (bicyclic) bond motifs is 2. The number of unbranched alkanes of at least 4 members (excludes halogenated alkanes) is 3. The molecule has 14 nitrogen and oxygen atoms in total. The summed E-state index contributed by atoms with van der Waals surface area (Å²) in [5.74, 6) is -2.67. The number of carbonyl (C=O) groups is 7. The number of hydrogen-bond acceptors (Lipinski definition) is 9. The number of ether oxygens (including phenoxy) is 1. The molecule has 1 aliphatic carbocycles. The lowest BCUT2D eigenvalue weighted by atomic mass is 9.65. The van der Waals surface area contributed by atoms with Gasteiger partial charge in [0.2, 0.25) is 11.8 Å². The van der Waals surface area contributed by atoms with Crippen LogP contribution in [-0.4, -0.2) is 76.1 Å². The zero-order valence-corrected chi connectivity index (χ0v) is 30.9. The zero-order valence-electron chi connectivity index (χ0n) is 30.1. The Bertz CT molecular complexity index is 2340. The highest BCUT2D eigenvalue weighted by atomic mass is 35.5. The number of hydrogen-bond donors (Lipinski definition) is 3. The number of nitrogens with zero attached hydrogens (tertiary/aromatic N) is 3. The van der Waals surface area contributed by atoms with E-state index in [0.29, 0.717) is 59.3 Å². The third-order valence-corrected chi connectivity index (χ3v) is 11.3. The number of halogens is 1. The number of imide groups is 3. The summed E-state index contributed by atoms with van der Waals surface area (Å²) in [5, 5.41) is 9.89. The second-order valence-electron chi connectivity index (χ2n) is 14.5. The van der Waals surface area contributed by atoms with Crippen molar-refractivity contribution in [3.8, 4) is 5.75 Å². The van der Waals surface area contributed by atoms with Gasteiger partial charge < -0.3 is 15.4 Å². The second-order valence-corrected chi connectivity index (χ2v) is 14.9.